The van der Waals surface area contributed by atoms with E-state index in [0.29, 0.717) is 10.2 Å². The van der Waals surface area contributed by atoms with Gasteiger partial charge in [0.25, 0.3) is 5.91 Å². The van der Waals surface area contributed by atoms with Crippen LogP contribution in [-0.2, 0) is 0 Å². The molecule has 2 aliphatic rings. The molecule has 184 valence electrons. The first-order valence-electron chi connectivity index (χ1n) is 11.0. The van der Waals surface area contributed by atoms with Gasteiger partial charge in [0.15, 0.2) is 0 Å². The zero-order valence-corrected chi connectivity index (χ0v) is 25.8. The number of aromatic nitrogens is 2. The molecule has 7 nitrogen and oxygen atoms in total. The minimum absolute atomic E-state index is 0. The zero-order valence-electron chi connectivity index (χ0n) is 19.5. The average molecular weight is 824 g/mol. The van der Waals surface area contributed by atoms with Crippen molar-refractivity contribution < 1.29 is 45.8 Å². The molecule has 2 aromatic rings. The molecule has 2 aliphatic heterocycles. The monoisotopic (exact) mass is 822 g/mol. The molecule has 2 radical (unpaired) electrons. The maximum Gasteiger partial charge on any atom is 0.337 e. The Bertz CT molecular complexity index is 815. The van der Waals surface area contributed by atoms with E-state index >= 15 is 0 Å². The molecule has 2 N–H and O–H groups in total. The average Bonchev–Trinajstić information content (AvgIpc) is 2.88. The molecule has 0 aliphatic carbocycles. The van der Waals surface area contributed by atoms with Crippen molar-refractivity contribution in [1.82, 2.24) is 20.2 Å². The third-order valence-corrected chi connectivity index (χ3v) is 5.74. The van der Waals surface area contributed by atoms with Crippen LogP contribution in [0.2, 0.25) is 0 Å². The summed E-state index contributed by atoms with van der Waals surface area (Å²) in [7, 11) is 3.75. The molecule has 4 rings (SSSR count). The first kappa shape index (κ1) is 33.3. The van der Waals surface area contributed by atoms with Crippen molar-refractivity contribution in [3.63, 3.8) is 0 Å². The molecule has 0 bridgehead atoms. The van der Waals surface area contributed by atoms with Crippen LogP contribution in [0.3, 0.4) is 0 Å². The maximum atomic E-state index is 12.0. The number of amides is 1. The van der Waals surface area contributed by atoms with Gasteiger partial charge in [0.1, 0.15) is 9.21 Å². The number of piperidine rings is 2. The molecule has 11 heteroatoms. The van der Waals surface area contributed by atoms with E-state index in [1.165, 1.54) is 51.0 Å². The third-order valence-electron chi connectivity index (χ3n) is 4.80. The zero-order chi connectivity index (χ0) is 24.5. The smallest absolute Gasteiger partial charge is 0.337 e. The molecule has 0 unspecified atom stereocenters. The van der Waals surface area contributed by atoms with E-state index < -0.39 is 5.97 Å². The minimum atomic E-state index is -0.958. The summed E-state index contributed by atoms with van der Waals surface area (Å²) in [6, 6.07) is 6.69. The van der Waals surface area contributed by atoms with E-state index in [9.17, 15) is 9.59 Å². The number of nitrogens with one attached hydrogen (secondary N) is 1. The van der Waals surface area contributed by atoms with Crippen LogP contribution in [0.1, 0.15) is 66.7 Å². The fraction of sp³-hybridized carbons (Fsp3) is 0.478. The van der Waals surface area contributed by atoms with Crippen molar-refractivity contribution in [3.8, 4) is 0 Å². The normalized spacial score (nSPS) is 14.4. The SMILES string of the molecule is C.C1CCNCC1.O=C(O)c1ccc(Br)nc1.O=C(c1ccc(Br)nc1)N1CCCCC1.[3H][B].[U]. The van der Waals surface area contributed by atoms with E-state index in [1.807, 2.05) is 11.0 Å². The van der Waals surface area contributed by atoms with Gasteiger partial charge in [0, 0.05) is 65.0 Å². The predicted octanol–water partition coefficient (Wildman–Crippen LogP) is 4.76. The fourth-order valence-corrected chi connectivity index (χ4v) is 3.56. The summed E-state index contributed by atoms with van der Waals surface area (Å²) in [5, 5.41) is 11.7. The number of hydrogen-bond acceptors (Lipinski definition) is 5. The van der Waals surface area contributed by atoms with Crippen molar-refractivity contribution in [2.24, 2.45) is 0 Å². The number of carbonyl (C=O) groups excluding carboxylic acids is 1. The van der Waals surface area contributed by atoms with Crippen LogP contribution in [0.25, 0.3) is 0 Å². The number of halogens is 2. The van der Waals surface area contributed by atoms with Crippen LogP contribution in [0.5, 0.6) is 0 Å². The molecule has 1 amide bonds. The molecule has 0 aromatic carbocycles. The van der Waals surface area contributed by atoms with E-state index in [2.05, 4.69) is 55.5 Å². The van der Waals surface area contributed by atoms with Crippen molar-refractivity contribution in [2.75, 3.05) is 26.2 Å². The summed E-state index contributed by atoms with van der Waals surface area (Å²) in [4.78, 5) is 32.0. The molecule has 0 atom stereocenters. The predicted molar refractivity (Wildman–Crippen MR) is 141 cm³/mol. The molecular weight excluding hydrogens is 789 g/mol. The largest absolute Gasteiger partial charge is 0.478 e. The van der Waals surface area contributed by atoms with Gasteiger partial charge in [0.2, 0.25) is 0 Å². The Hall–Kier alpha value is -0.723. The van der Waals surface area contributed by atoms with Crippen molar-refractivity contribution in [3.05, 3.63) is 57.0 Å². The molecule has 2 saturated heterocycles. The number of carboxylic acid groups (broad SMARTS) is 1. The molecule has 2 fully saturated rings. The quantitative estimate of drug-likeness (QED) is 0.336. The van der Waals surface area contributed by atoms with Gasteiger partial charge in [-0.3, -0.25) is 4.79 Å². The summed E-state index contributed by atoms with van der Waals surface area (Å²) >= 11 is 6.35. The van der Waals surface area contributed by atoms with Crippen molar-refractivity contribution >= 4 is 52.1 Å². The second-order valence-corrected chi connectivity index (χ2v) is 8.83. The van der Waals surface area contributed by atoms with Gasteiger partial charge in [-0.05, 0) is 103 Å². The van der Waals surface area contributed by atoms with Gasteiger partial charge in [0.05, 0.1) is 11.1 Å². The Morgan fingerprint density at radius 1 is 0.882 bits per heavy atom. The van der Waals surface area contributed by atoms with Gasteiger partial charge in [-0.2, -0.15) is 0 Å². The van der Waals surface area contributed by atoms with E-state index in [0.717, 1.165) is 30.5 Å². The summed E-state index contributed by atoms with van der Waals surface area (Å²) < 4.78 is 6.65. The Morgan fingerprint density at radius 3 is 1.71 bits per heavy atom. The minimum Gasteiger partial charge on any atom is -0.478 e. The van der Waals surface area contributed by atoms with Crippen LogP contribution in [0.4, 0.5) is 0 Å². The molecule has 0 saturated carbocycles. The van der Waals surface area contributed by atoms with Crippen LogP contribution in [-0.4, -0.2) is 67.7 Å². The van der Waals surface area contributed by atoms with Gasteiger partial charge in [-0.25, -0.2) is 14.8 Å². The van der Waals surface area contributed by atoms with Gasteiger partial charge in [-0.15, -0.1) is 0 Å². The fourth-order valence-electron chi connectivity index (χ4n) is 3.09. The molecule has 0 spiro atoms. The number of carbonyl (C=O) groups is 2. The second kappa shape index (κ2) is 20.5. The Labute approximate surface area is 246 Å². The van der Waals surface area contributed by atoms with Crippen LogP contribution >= 0.6 is 31.9 Å². The van der Waals surface area contributed by atoms with Crippen LogP contribution in [0, 0.1) is 31.1 Å². The van der Waals surface area contributed by atoms with Crippen molar-refractivity contribution in [2.45, 2.75) is 46.0 Å². The summed E-state index contributed by atoms with van der Waals surface area (Å²) in [6.07, 6.45) is 10.6. The van der Waals surface area contributed by atoms with Crippen LogP contribution in [0.15, 0.2) is 45.9 Å². The molecule has 4 heterocycles. The van der Waals surface area contributed by atoms with E-state index in [4.69, 9.17) is 6.44 Å². The number of carboxylic acids is 1. The number of hydrogen-bond donors (Lipinski definition) is 2. The maximum absolute atomic E-state index is 12.0. The van der Waals surface area contributed by atoms with Crippen LogP contribution < -0.4 is 5.32 Å². The van der Waals surface area contributed by atoms with Gasteiger partial charge in [-0.1, -0.05) is 13.8 Å². The van der Waals surface area contributed by atoms with E-state index in [-0.39, 0.29) is 50.0 Å². The summed E-state index contributed by atoms with van der Waals surface area (Å²) in [6.45, 7) is 4.27. The molecule has 34 heavy (non-hydrogen) atoms. The first-order valence-corrected chi connectivity index (χ1v) is 12.0. The Balaban J connectivity index is 0. The second-order valence-electron chi connectivity index (χ2n) is 7.21. The Morgan fingerprint density at radius 2 is 1.35 bits per heavy atom. The summed E-state index contributed by atoms with van der Waals surface area (Å²) in [5.41, 5.74) is 0.878. The number of pyridine rings is 2. The topological polar surface area (TPSA) is 95.4 Å². The number of nitrogens with zero attached hydrogens (tertiary/aromatic N) is 3. The number of rotatable bonds is 2. The summed E-state index contributed by atoms with van der Waals surface area (Å²) in [5.74, 6) is -0.852. The molecular formula is C23H33BBr2N4O3U. The van der Waals surface area contributed by atoms with Crippen molar-refractivity contribution in [1.29, 1.82) is 1.34 Å². The Kier molecular flexibility index (Phi) is 20.0. The first-order chi connectivity index (χ1) is 16.0. The molecule has 2 aromatic heterocycles. The van der Waals surface area contributed by atoms with E-state index in [1.54, 1.807) is 18.3 Å². The number of likely N-dealkylation sites (tertiary alicyclic amines) is 1. The number of aromatic carboxylic acids is 1. The van der Waals surface area contributed by atoms with Gasteiger partial charge >= 0.3 is 5.97 Å². The third kappa shape index (κ3) is 14.0. The standard InChI is InChI=1S/C11H13BrN2O.C6H4BrNO2.C5H11N.CH4.BH.U/c12-10-5-4-9(8-13-10)11(15)14-6-2-1-3-7-14;7-5-2-1-4(3-8-5)6(9)10;1-2-4-6-5-3-1;;;/h4-5,8H,1-3,6-7H2;1-3H,(H,9,10);6H,1-5H2;1H4;1H;/i;;;;1T;. The van der Waals surface area contributed by atoms with Gasteiger partial charge < -0.3 is 15.3 Å².